The number of sulfone groups is 1. The summed E-state index contributed by atoms with van der Waals surface area (Å²) in [6.07, 6.45) is 5.42. The molecular weight excluding hydrogens is 320 g/mol. The van der Waals surface area contributed by atoms with Crippen LogP contribution in [0, 0.1) is 0 Å². The van der Waals surface area contributed by atoms with E-state index in [1.807, 2.05) is 0 Å². The van der Waals surface area contributed by atoms with Gasteiger partial charge < -0.3 is 10.2 Å². The minimum atomic E-state index is -3.39. The molecule has 1 saturated heterocycles. The third kappa shape index (κ3) is 4.31. The number of carbonyl (C=O) groups is 2. The molecule has 0 bridgehead atoms. The Hall–Kier alpha value is -1.90. The lowest BCUT2D eigenvalue weighted by Crippen LogP contribution is -2.49. The number of amides is 2. The van der Waals surface area contributed by atoms with Crippen LogP contribution >= 0.6 is 0 Å². The van der Waals surface area contributed by atoms with Gasteiger partial charge in [0, 0.05) is 38.6 Å². The third-order valence-electron chi connectivity index (χ3n) is 4.10. The second-order valence-corrected chi connectivity index (χ2v) is 8.31. The van der Waals surface area contributed by atoms with Crippen LogP contribution in [0.3, 0.4) is 0 Å². The van der Waals surface area contributed by atoms with Crippen molar-refractivity contribution in [3.63, 3.8) is 0 Å². The summed E-state index contributed by atoms with van der Waals surface area (Å²) in [5.41, 5.74) is 0.497. The standard InChI is InChI=1S/C14H22N4O4S/c1-10(23(3,21)22)14(20)18-6-4-12(5-7-18)16-13(19)11-8-15-17(2)9-11/h8-10,12H,4-7H2,1-3H3,(H,16,19). The highest BCUT2D eigenvalue weighted by Crippen LogP contribution is 2.14. The van der Waals surface area contributed by atoms with Crippen molar-refractivity contribution in [1.29, 1.82) is 0 Å². The minimum absolute atomic E-state index is 0.0275. The number of carbonyl (C=O) groups excluding carboxylic acids is 2. The molecule has 1 aromatic heterocycles. The number of hydrogen-bond donors (Lipinski definition) is 1. The van der Waals surface area contributed by atoms with Crippen molar-refractivity contribution in [2.75, 3.05) is 19.3 Å². The zero-order chi connectivity index (χ0) is 17.2. The van der Waals surface area contributed by atoms with E-state index < -0.39 is 15.1 Å². The van der Waals surface area contributed by atoms with E-state index in [1.165, 1.54) is 13.1 Å². The fraction of sp³-hybridized carbons (Fsp3) is 0.643. The summed E-state index contributed by atoms with van der Waals surface area (Å²) in [7, 11) is -1.65. The van der Waals surface area contributed by atoms with E-state index >= 15 is 0 Å². The third-order valence-corrected chi connectivity index (χ3v) is 5.59. The summed E-state index contributed by atoms with van der Waals surface area (Å²) in [6.45, 7) is 2.29. The maximum Gasteiger partial charge on any atom is 0.254 e. The molecule has 2 heterocycles. The summed E-state index contributed by atoms with van der Waals surface area (Å²) >= 11 is 0. The quantitative estimate of drug-likeness (QED) is 0.800. The molecule has 0 aromatic carbocycles. The smallest absolute Gasteiger partial charge is 0.254 e. The first-order valence-corrected chi connectivity index (χ1v) is 9.41. The number of piperidine rings is 1. The number of nitrogens with zero attached hydrogens (tertiary/aromatic N) is 3. The highest BCUT2D eigenvalue weighted by molar-refractivity contribution is 7.92. The predicted octanol–water partition coefficient (Wildman–Crippen LogP) is -0.426. The van der Waals surface area contributed by atoms with Crippen molar-refractivity contribution in [3.05, 3.63) is 18.0 Å². The van der Waals surface area contributed by atoms with Crippen molar-refractivity contribution in [2.24, 2.45) is 7.05 Å². The van der Waals surface area contributed by atoms with Crippen LogP contribution in [0.15, 0.2) is 12.4 Å². The van der Waals surface area contributed by atoms with Gasteiger partial charge in [0.2, 0.25) is 5.91 Å². The second kappa shape index (κ2) is 6.69. The van der Waals surface area contributed by atoms with Gasteiger partial charge in [-0.3, -0.25) is 14.3 Å². The van der Waals surface area contributed by atoms with Gasteiger partial charge in [0.15, 0.2) is 9.84 Å². The summed E-state index contributed by atoms with van der Waals surface area (Å²) < 4.78 is 24.5. The Bertz CT molecular complexity index is 689. The topological polar surface area (TPSA) is 101 Å². The Morgan fingerprint density at radius 2 is 1.96 bits per heavy atom. The summed E-state index contributed by atoms with van der Waals surface area (Å²) in [5.74, 6) is -0.558. The number of rotatable bonds is 4. The molecule has 1 fully saturated rings. The van der Waals surface area contributed by atoms with E-state index in [0.717, 1.165) is 6.26 Å². The fourth-order valence-corrected chi connectivity index (χ4v) is 3.01. The predicted molar refractivity (Wildman–Crippen MR) is 84.6 cm³/mol. The zero-order valence-corrected chi connectivity index (χ0v) is 14.3. The van der Waals surface area contributed by atoms with Crippen LogP contribution in [0.25, 0.3) is 0 Å². The van der Waals surface area contributed by atoms with Gasteiger partial charge in [-0.15, -0.1) is 0 Å². The molecule has 8 nitrogen and oxygen atoms in total. The summed E-state index contributed by atoms with van der Waals surface area (Å²) in [4.78, 5) is 25.8. The van der Waals surface area contributed by atoms with Gasteiger partial charge in [-0.25, -0.2) is 8.42 Å². The van der Waals surface area contributed by atoms with Crippen molar-refractivity contribution in [3.8, 4) is 0 Å². The minimum Gasteiger partial charge on any atom is -0.349 e. The van der Waals surface area contributed by atoms with Crippen LogP contribution in [0.1, 0.15) is 30.1 Å². The van der Waals surface area contributed by atoms with Crippen LogP contribution < -0.4 is 5.32 Å². The monoisotopic (exact) mass is 342 g/mol. The van der Waals surface area contributed by atoms with Crippen molar-refractivity contribution in [2.45, 2.75) is 31.1 Å². The number of nitrogens with one attached hydrogen (secondary N) is 1. The maximum absolute atomic E-state index is 12.1. The molecule has 1 atom stereocenters. The maximum atomic E-state index is 12.1. The molecule has 1 unspecified atom stereocenters. The van der Waals surface area contributed by atoms with E-state index in [1.54, 1.807) is 22.8 Å². The molecule has 2 rings (SSSR count). The SMILES string of the molecule is CC(C(=O)N1CCC(NC(=O)c2cnn(C)c2)CC1)S(C)(=O)=O. The fourth-order valence-electron chi connectivity index (χ4n) is 2.49. The van der Waals surface area contributed by atoms with Crippen LogP contribution in [-0.2, 0) is 21.7 Å². The molecule has 2 amide bonds. The van der Waals surface area contributed by atoms with Crippen molar-refractivity contribution in [1.82, 2.24) is 20.0 Å². The second-order valence-electron chi connectivity index (χ2n) is 5.95. The summed E-state index contributed by atoms with van der Waals surface area (Å²) in [6, 6.07) is -0.0275. The van der Waals surface area contributed by atoms with Gasteiger partial charge in [0.05, 0.1) is 11.8 Å². The van der Waals surface area contributed by atoms with Gasteiger partial charge in [-0.1, -0.05) is 0 Å². The lowest BCUT2D eigenvalue weighted by Gasteiger charge is -2.33. The van der Waals surface area contributed by atoms with Crippen LogP contribution in [0.4, 0.5) is 0 Å². The molecule has 0 aliphatic carbocycles. The molecule has 1 aromatic rings. The van der Waals surface area contributed by atoms with E-state index in [4.69, 9.17) is 0 Å². The zero-order valence-electron chi connectivity index (χ0n) is 13.5. The summed E-state index contributed by atoms with van der Waals surface area (Å²) in [5, 5.41) is 5.85. The first kappa shape index (κ1) is 17.5. The van der Waals surface area contributed by atoms with Gasteiger partial charge in [0.1, 0.15) is 5.25 Å². The molecule has 23 heavy (non-hydrogen) atoms. The molecule has 0 saturated carbocycles. The van der Waals surface area contributed by atoms with Crippen LogP contribution in [-0.4, -0.2) is 65.5 Å². The van der Waals surface area contributed by atoms with E-state index in [2.05, 4.69) is 10.4 Å². The van der Waals surface area contributed by atoms with E-state index in [-0.39, 0.29) is 17.9 Å². The van der Waals surface area contributed by atoms with E-state index in [9.17, 15) is 18.0 Å². The van der Waals surface area contributed by atoms with Gasteiger partial charge in [-0.05, 0) is 19.8 Å². The van der Waals surface area contributed by atoms with Crippen molar-refractivity contribution < 1.29 is 18.0 Å². The Morgan fingerprint density at radius 3 is 2.43 bits per heavy atom. The average molecular weight is 342 g/mol. The Morgan fingerprint density at radius 1 is 1.35 bits per heavy atom. The normalized spacial score (nSPS) is 17.8. The number of aryl methyl sites for hydroxylation is 1. The highest BCUT2D eigenvalue weighted by atomic mass is 32.2. The lowest BCUT2D eigenvalue weighted by atomic mass is 10.0. The van der Waals surface area contributed by atoms with Gasteiger partial charge in [0.25, 0.3) is 5.91 Å². The molecule has 9 heteroatoms. The molecule has 1 aliphatic heterocycles. The van der Waals surface area contributed by atoms with Gasteiger partial charge in [-0.2, -0.15) is 5.10 Å². The van der Waals surface area contributed by atoms with E-state index in [0.29, 0.717) is 31.5 Å². The Kier molecular flexibility index (Phi) is 5.08. The molecule has 1 aliphatic rings. The average Bonchev–Trinajstić information content (AvgIpc) is 2.92. The Balaban J connectivity index is 1.86. The number of aromatic nitrogens is 2. The first-order valence-electron chi connectivity index (χ1n) is 7.45. The first-order chi connectivity index (χ1) is 10.7. The van der Waals surface area contributed by atoms with Gasteiger partial charge >= 0.3 is 0 Å². The number of likely N-dealkylation sites (tertiary alicyclic amines) is 1. The number of hydrogen-bond acceptors (Lipinski definition) is 5. The van der Waals surface area contributed by atoms with Crippen molar-refractivity contribution >= 4 is 21.7 Å². The van der Waals surface area contributed by atoms with Crippen LogP contribution in [0.5, 0.6) is 0 Å². The highest BCUT2D eigenvalue weighted by Gasteiger charge is 2.31. The molecule has 1 N–H and O–H groups in total. The molecule has 0 spiro atoms. The molecular formula is C14H22N4O4S. The lowest BCUT2D eigenvalue weighted by molar-refractivity contribution is -0.131. The van der Waals surface area contributed by atoms with Crippen LogP contribution in [0.2, 0.25) is 0 Å². The molecule has 0 radical (unpaired) electrons. The largest absolute Gasteiger partial charge is 0.349 e. The Labute approximate surface area is 135 Å². The molecule has 128 valence electrons.